The number of hydrogen-bond acceptors (Lipinski definition) is 6. The second-order valence-electron chi connectivity index (χ2n) is 6.78. The molecule has 0 saturated carbocycles. The monoisotopic (exact) mass is 415 g/mol. The highest BCUT2D eigenvalue weighted by Crippen LogP contribution is 2.39. The highest BCUT2D eigenvalue weighted by Gasteiger charge is 2.26. The van der Waals surface area contributed by atoms with Gasteiger partial charge in [-0.05, 0) is 45.0 Å². The first-order chi connectivity index (χ1) is 14.6. The Hall–Kier alpha value is -3.09. The molecule has 1 aliphatic rings. The predicted molar refractivity (Wildman–Crippen MR) is 113 cm³/mol. The van der Waals surface area contributed by atoms with Crippen LogP contribution in [0.1, 0.15) is 31.1 Å². The third kappa shape index (κ3) is 4.90. The van der Waals surface area contributed by atoms with E-state index in [4.69, 9.17) is 23.7 Å². The van der Waals surface area contributed by atoms with Crippen molar-refractivity contribution in [3.63, 3.8) is 0 Å². The van der Waals surface area contributed by atoms with E-state index in [1.807, 2.05) is 45.0 Å². The lowest BCUT2D eigenvalue weighted by molar-refractivity contribution is 0.0520. The van der Waals surface area contributed by atoms with Crippen LogP contribution in [0.25, 0.3) is 0 Å². The summed E-state index contributed by atoms with van der Waals surface area (Å²) in [5.41, 5.74) is 0.463. The standard InChI is InChI=1S/C23H29NO6/c1-5-26-20-12-16(13-21(27-6-2)22(20)28-7-3)23(25)24(4)14-17-15-29-18-10-8-9-11-19(18)30-17/h8-13,17H,5-7,14-15H2,1-4H3/t17-/m1/s1. The van der Waals surface area contributed by atoms with Crippen molar-refractivity contribution in [1.82, 2.24) is 4.90 Å². The zero-order valence-electron chi connectivity index (χ0n) is 18.0. The van der Waals surface area contributed by atoms with Gasteiger partial charge in [-0.25, -0.2) is 0 Å². The second kappa shape index (κ2) is 10.1. The van der Waals surface area contributed by atoms with Crippen molar-refractivity contribution in [1.29, 1.82) is 0 Å². The fraction of sp³-hybridized carbons (Fsp3) is 0.435. The van der Waals surface area contributed by atoms with Crippen LogP contribution in [-0.2, 0) is 0 Å². The second-order valence-corrected chi connectivity index (χ2v) is 6.78. The van der Waals surface area contributed by atoms with Gasteiger partial charge in [0, 0.05) is 12.6 Å². The summed E-state index contributed by atoms with van der Waals surface area (Å²) in [6, 6.07) is 10.9. The van der Waals surface area contributed by atoms with E-state index in [1.54, 1.807) is 24.1 Å². The summed E-state index contributed by atoms with van der Waals surface area (Å²) < 4.78 is 28.9. The van der Waals surface area contributed by atoms with Crippen molar-refractivity contribution < 1.29 is 28.5 Å². The number of amides is 1. The van der Waals surface area contributed by atoms with Gasteiger partial charge >= 0.3 is 0 Å². The Kier molecular flexibility index (Phi) is 7.27. The number of hydrogen-bond donors (Lipinski definition) is 0. The molecule has 1 aliphatic heterocycles. The van der Waals surface area contributed by atoms with Crippen molar-refractivity contribution in [3.8, 4) is 28.7 Å². The Morgan fingerprint density at radius 3 is 2.20 bits per heavy atom. The van der Waals surface area contributed by atoms with Gasteiger partial charge in [-0.1, -0.05) is 12.1 Å². The molecule has 1 heterocycles. The van der Waals surface area contributed by atoms with Crippen molar-refractivity contribution >= 4 is 5.91 Å². The van der Waals surface area contributed by atoms with Gasteiger partial charge in [-0.15, -0.1) is 0 Å². The fourth-order valence-corrected chi connectivity index (χ4v) is 3.27. The maximum atomic E-state index is 13.1. The molecule has 2 aromatic carbocycles. The van der Waals surface area contributed by atoms with Crippen LogP contribution in [0.15, 0.2) is 36.4 Å². The maximum absolute atomic E-state index is 13.1. The number of fused-ring (bicyclic) bond motifs is 1. The molecule has 1 atom stereocenters. The molecule has 3 rings (SSSR count). The quantitative estimate of drug-likeness (QED) is 0.621. The van der Waals surface area contributed by atoms with Gasteiger partial charge in [0.05, 0.1) is 26.4 Å². The molecule has 0 saturated heterocycles. The van der Waals surface area contributed by atoms with E-state index < -0.39 is 0 Å². The first-order valence-corrected chi connectivity index (χ1v) is 10.3. The number of para-hydroxylation sites is 2. The molecule has 0 unspecified atom stereocenters. The average molecular weight is 415 g/mol. The third-order valence-corrected chi connectivity index (χ3v) is 4.55. The molecule has 0 spiro atoms. The normalized spacial score (nSPS) is 14.7. The van der Waals surface area contributed by atoms with E-state index in [2.05, 4.69) is 0 Å². The van der Waals surface area contributed by atoms with E-state index in [-0.39, 0.29) is 12.0 Å². The molecule has 162 valence electrons. The average Bonchev–Trinajstić information content (AvgIpc) is 2.75. The SMILES string of the molecule is CCOc1cc(C(=O)N(C)C[C@@H]2COc3ccccc3O2)cc(OCC)c1OCC. The van der Waals surface area contributed by atoms with Gasteiger partial charge in [-0.3, -0.25) is 4.79 Å². The molecular formula is C23H29NO6. The summed E-state index contributed by atoms with van der Waals surface area (Å²) in [5.74, 6) is 2.75. The smallest absolute Gasteiger partial charge is 0.254 e. The number of benzene rings is 2. The number of rotatable bonds is 9. The van der Waals surface area contributed by atoms with Gasteiger partial charge in [0.1, 0.15) is 6.61 Å². The van der Waals surface area contributed by atoms with E-state index in [0.717, 1.165) is 5.75 Å². The van der Waals surface area contributed by atoms with Crippen molar-refractivity contribution in [3.05, 3.63) is 42.0 Å². The van der Waals surface area contributed by atoms with Crippen LogP contribution in [0, 0.1) is 0 Å². The van der Waals surface area contributed by atoms with Crippen LogP contribution < -0.4 is 23.7 Å². The van der Waals surface area contributed by atoms with E-state index in [9.17, 15) is 4.79 Å². The van der Waals surface area contributed by atoms with Gasteiger partial charge < -0.3 is 28.6 Å². The zero-order chi connectivity index (χ0) is 21.5. The molecule has 0 radical (unpaired) electrons. The number of ether oxygens (including phenoxy) is 5. The summed E-state index contributed by atoms with van der Waals surface area (Å²) in [4.78, 5) is 14.7. The number of carbonyl (C=O) groups excluding carboxylic acids is 1. The Labute approximate surface area is 177 Å². The van der Waals surface area contributed by atoms with E-state index in [0.29, 0.717) is 61.5 Å². The summed E-state index contributed by atoms with van der Waals surface area (Å²) >= 11 is 0. The Morgan fingerprint density at radius 2 is 1.60 bits per heavy atom. The lowest BCUT2D eigenvalue weighted by atomic mass is 10.1. The minimum absolute atomic E-state index is 0.164. The zero-order valence-corrected chi connectivity index (χ0v) is 18.0. The van der Waals surface area contributed by atoms with Crippen LogP contribution in [0.4, 0.5) is 0 Å². The van der Waals surface area contributed by atoms with Gasteiger partial charge in [-0.2, -0.15) is 0 Å². The minimum atomic E-state index is -0.255. The van der Waals surface area contributed by atoms with Crippen LogP contribution in [0.5, 0.6) is 28.7 Å². The molecule has 7 nitrogen and oxygen atoms in total. The molecule has 0 bridgehead atoms. The van der Waals surface area contributed by atoms with Gasteiger partial charge in [0.2, 0.25) is 5.75 Å². The highest BCUT2D eigenvalue weighted by molar-refractivity contribution is 5.95. The number of carbonyl (C=O) groups is 1. The molecule has 0 N–H and O–H groups in total. The summed E-state index contributed by atoms with van der Waals surface area (Å²) in [6.07, 6.45) is -0.255. The summed E-state index contributed by atoms with van der Waals surface area (Å²) in [7, 11) is 1.74. The first kappa shape index (κ1) is 21.6. The van der Waals surface area contributed by atoms with E-state index in [1.165, 1.54) is 0 Å². The topological polar surface area (TPSA) is 66.5 Å². The molecule has 0 aromatic heterocycles. The molecule has 1 amide bonds. The fourth-order valence-electron chi connectivity index (χ4n) is 3.27. The number of nitrogens with zero attached hydrogens (tertiary/aromatic N) is 1. The van der Waals surface area contributed by atoms with Crippen molar-refractivity contribution in [2.24, 2.45) is 0 Å². The minimum Gasteiger partial charge on any atom is -0.490 e. The predicted octanol–water partition coefficient (Wildman–Crippen LogP) is 3.79. The summed E-state index contributed by atoms with van der Waals surface area (Å²) in [5, 5.41) is 0. The molecule has 0 aliphatic carbocycles. The highest BCUT2D eigenvalue weighted by atomic mass is 16.6. The molecule has 7 heteroatoms. The summed E-state index contributed by atoms with van der Waals surface area (Å²) in [6.45, 7) is 7.79. The van der Waals surface area contributed by atoms with Crippen molar-refractivity contribution in [2.45, 2.75) is 26.9 Å². The Balaban J connectivity index is 1.78. The Morgan fingerprint density at radius 1 is 1.00 bits per heavy atom. The maximum Gasteiger partial charge on any atom is 0.254 e. The van der Waals surface area contributed by atoms with E-state index >= 15 is 0 Å². The van der Waals surface area contributed by atoms with Crippen LogP contribution in [-0.4, -0.2) is 56.9 Å². The van der Waals surface area contributed by atoms with Gasteiger partial charge in [0.25, 0.3) is 5.91 Å². The van der Waals surface area contributed by atoms with Crippen LogP contribution in [0.2, 0.25) is 0 Å². The largest absolute Gasteiger partial charge is 0.490 e. The molecule has 2 aromatic rings. The lowest BCUT2D eigenvalue weighted by Crippen LogP contribution is -2.41. The Bertz CT molecular complexity index is 842. The molecule has 30 heavy (non-hydrogen) atoms. The third-order valence-electron chi connectivity index (χ3n) is 4.55. The van der Waals surface area contributed by atoms with Crippen LogP contribution in [0.3, 0.4) is 0 Å². The molecule has 0 fully saturated rings. The van der Waals surface area contributed by atoms with Crippen molar-refractivity contribution in [2.75, 3.05) is 40.0 Å². The molecular weight excluding hydrogens is 386 g/mol. The lowest BCUT2D eigenvalue weighted by Gasteiger charge is -2.29. The van der Waals surface area contributed by atoms with Crippen LogP contribution >= 0.6 is 0 Å². The number of likely N-dealkylation sites (N-methyl/N-ethyl adjacent to an activating group) is 1. The first-order valence-electron chi connectivity index (χ1n) is 10.3. The van der Waals surface area contributed by atoms with Gasteiger partial charge in [0.15, 0.2) is 29.1 Å².